The molecule has 0 aromatic heterocycles. The number of benzene rings is 2. The van der Waals surface area contributed by atoms with Crippen molar-refractivity contribution in [3.63, 3.8) is 0 Å². The lowest BCUT2D eigenvalue weighted by Crippen LogP contribution is -1.99. The van der Waals surface area contributed by atoms with E-state index in [1.807, 2.05) is 25.1 Å². The molecule has 20 heavy (non-hydrogen) atoms. The highest BCUT2D eigenvalue weighted by Gasteiger charge is 2.16. The first-order valence-electron chi connectivity index (χ1n) is 6.19. The standard InChI is InChI=1S/C16H16ClFO2/c1-10-8-11(4-7-15(10)20-3)16(17)13-6-5-12(19-2)9-14(13)18/h4-9,16H,1-3H3. The molecule has 0 saturated heterocycles. The fourth-order valence-corrected chi connectivity index (χ4v) is 2.39. The van der Waals surface area contributed by atoms with Crippen molar-refractivity contribution in [1.29, 1.82) is 0 Å². The number of alkyl halides is 1. The molecule has 0 fully saturated rings. The maximum Gasteiger partial charge on any atom is 0.131 e. The summed E-state index contributed by atoms with van der Waals surface area (Å²) in [5, 5.41) is -0.550. The van der Waals surface area contributed by atoms with Crippen molar-refractivity contribution < 1.29 is 13.9 Å². The van der Waals surface area contributed by atoms with Crippen molar-refractivity contribution >= 4 is 11.6 Å². The van der Waals surface area contributed by atoms with Crippen molar-refractivity contribution in [1.82, 2.24) is 0 Å². The van der Waals surface area contributed by atoms with Gasteiger partial charge in [-0.2, -0.15) is 0 Å². The molecule has 106 valence electrons. The van der Waals surface area contributed by atoms with Gasteiger partial charge in [-0.3, -0.25) is 0 Å². The Morgan fingerprint density at radius 2 is 1.80 bits per heavy atom. The summed E-state index contributed by atoms with van der Waals surface area (Å²) in [4.78, 5) is 0. The van der Waals surface area contributed by atoms with Crippen LogP contribution in [0.25, 0.3) is 0 Å². The number of aryl methyl sites for hydroxylation is 1. The Morgan fingerprint density at radius 1 is 1.05 bits per heavy atom. The summed E-state index contributed by atoms with van der Waals surface area (Å²) in [6, 6.07) is 10.3. The smallest absolute Gasteiger partial charge is 0.131 e. The lowest BCUT2D eigenvalue weighted by atomic mass is 10.0. The molecule has 2 rings (SSSR count). The van der Waals surface area contributed by atoms with Crippen LogP contribution in [0.4, 0.5) is 4.39 Å². The van der Waals surface area contributed by atoms with Crippen LogP contribution in [0.3, 0.4) is 0 Å². The third-order valence-corrected chi connectivity index (χ3v) is 3.68. The average Bonchev–Trinajstić information content (AvgIpc) is 2.46. The Hall–Kier alpha value is -1.74. The van der Waals surface area contributed by atoms with Crippen LogP contribution < -0.4 is 9.47 Å². The molecule has 2 nitrogen and oxygen atoms in total. The summed E-state index contributed by atoms with van der Waals surface area (Å²) in [7, 11) is 3.11. The second-order valence-electron chi connectivity index (χ2n) is 4.48. The zero-order valence-electron chi connectivity index (χ0n) is 11.6. The molecule has 2 aromatic carbocycles. The minimum Gasteiger partial charge on any atom is -0.497 e. The first kappa shape index (κ1) is 14.7. The molecule has 0 amide bonds. The molecule has 4 heteroatoms. The highest BCUT2D eigenvalue weighted by Crippen LogP contribution is 2.34. The van der Waals surface area contributed by atoms with Gasteiger partial charge in [0.15, 0.2) is 0 Å². The maximum atomic E-state index is 14.0. The van der Waals surface area contributed by atoms with Gasteiger partial charge in [0.25, 0.3) is 0 Å². The lowest BCUT2D eigenvalue weighted by molar-refractivity contribution is 0.410. The molecule has 0 N–H and O–H groups in total. The third-order valence-electron chi connectivity index (χ3n) is 3.19. The predicted molar refractivity (Wildman–Crippen MR) is 78.4 cm³/mol. The molecule has 1 atom stereocenters. The van der Waals surface area contributed by atoms with E-state index in [2.05, 4.69) is 0 Å². The first-order chi connectivity index (χ1) is 9.56. The topological polar surface area (TPSA) is 18.5 Å². The van der Waals surface area contributed by atoms with E-state index in [9.17, 15) is 4.39 Å². The summed E-state index contributed by atoms with van der Waals surface area (Å²) in [6.07, 6.45) is 0. The van der Waals surface area contributed by atoms with Crippen LogP contribution in [0.1, 0.15) is 22.1 Å². The van der Waals surface area contributed by atoms with E-state index in [4.69, 9.17) is 21.1 Å². The van der Waals surface area contributed by atoms with Crippen LogP contribution in [-0.2, 0) is 0 Å². The van der Waals surface area contributed by atoms with Crippen molar-refractivity contribution in [2.24, 2.45) is 0 Å². The van der Waals surface area contributed by atoms with Gasteiger partial charge in [0.05, 0.1) is 19.6 Å². The zero-order chi connectivity index (χ0) is 14.7. The zero-order valence-corrected chi connectivity index (χ0v) is 12.4. The van der Waals surface area contributed by atoms with Gasteiger partial charge >= 0.3 is 0 Å². The fourth-order valence-electron chi connectivity index (χ4n) is 2.08. The maximum absolute atomic E-state index is 14.0. The van der Waals surface area contributed by atoms with Crippen LogP contribution in [0.15, 0.2) is 36.4 Å². The molecule has 0 radical (unpaired) electrons. The molecule has 0 aliphatic heterocycles. The lowest BCUT2D eigenvalue weighted by Gasteiger charge is -2.14. The summed E-state index contributed by atoms with van der Waals surface area (Å²) >= 11 is 6.38. The highest BCUT2D eigenvalue weighted by atomic mass is 35.5. The van der Waals surface area contributed by atoms with E-state index in [-0.39, 0.29) is 5.82 Å². The van der Waals surface area contributed by atoms with Crippen molar-refractivity contribution in [3.05, 3.63) is 58.9 Å². The van der Waals surface area contributed by atoms with Gasteiger partial charge in [0.2, 0.25) is 0 Å². The van der Waals surface area contributed by atoms with Crippen LogP contribution in [0.5, 0.6) is 11.5 Å². The van der Waals surface area contributed by atoms with Crippen molar-refractivity contribution in [3.8, 4) is 11.5 Å². The van der Waals surface area contributed by atoms with E-state index in [0.717, 1.165) is 16.9 Å². The molecule has 2 aromatic rings. The largest absolute Gasteiger partial charge is 0.497 e. The Balaban J connectivity index is 2.35. The van der Waals surface area contributed by atoms with Gasteiger partial charge in [0, 0.05) is 11.6 Å². The summed E-state index contributed by atoms with van der Waals surface area (Å²) in [5.41, 5.74) is 2.22. The van der Waals surface area contributed by atoms with Gasteiger partial charge < -0.3 is 9.47 Å². The highest BCUT2D eigenvalue weighted by molar-refractivity contribution is 6.22. The minimum atomic E-state index is -0.550. The van der Waals surface area contributed by atoms with Gasteiger partial charge in [-0.15, -0.1) is 11.6 Å². The molecule has 0 saturated carbocycles. The summed E-state index contributed by atoms with van der Waals surface area (Å²) in [6.45, 7) is 1.93. The Labute approximate surface area is 123 Å². The number of hydrogen-bond donors (Lipinski definition) is 0. The van der Waals surface area contributed by atoms with E-state index < -0.39 is 5.38 Å². The minimum absolute atomic E-state index is 0.377. The van der Waals surface area contributed by atoms with Crippen LogP contribution in [0, 0.1) is 12.7 Å². The summed E-state index contributed by atoms with van der Waals surface area (Å²) < 4.78 is 24.2. The van der Waals surface area contributed by atoms with Gasteiger partial charge in [-0.05, 0) is 30.2 Å². The fraction of sp³-hybridized carbons (Fsp3) is 0.250. The Bertz CT molecular complexity index is 613. The number of ether oxygens (including phenoxy) is 2. The van der Waals surface area contributed by atoms with Gasteiger partial charge in [-0.1, -0.05) is 18.2 Å². The second-order valence-corrected chi connectivity index (χ2v) is 4.92. The average molecular weight is 295 g/mol. The van der Waals surface area contributed by atoms with Crippen molar-refractivity contribution in [2.75, 3.05) is 14.2 Å². The van der Waals surface area contributed by atoms with E-state index >= 15 is 0 Å². The first-order valence-corrected chi connectivity index (χ1v) is 6.62. The number of halogens is 2. The van der Waals surface area contributed by atoms with E-state index in [1.165, 1.54) is 13.2 Å². The molecular weight excluding hydrogens is 279 g/mol. The Kier molecular flexibility index (Phi) is 4.50. The Morgan fingerprint density at radius 3 is 2.35 bits per heavy atom. The molecule has 0 heterocycles. The summed E-state index contributed by atoms with van der Waals surface area (Å²) in [5.74, 6) is 0.881. The van der Waals surface area contributed by atoms with Gasteiger partial charge in [-0.25, -0.2) is 4.39 Å². The number of rotatable bonds is 4. The number of methoxy groups -OCH3 is 2. The van der Waals surface area contributed by atoms with Crippen LogP contribution >= 0.6 is 11.6 Å². The van der Waals surface area contributed by atoms with Gasteiger partial charge in [0.1, 0.15) is 17.3 Å². The third kappa shape index (κ3) is 2.88. The van der Waals surface area contributed by atoms with Crippen molar-refractivity contribution in [2.45, 2.75) is 12.3 Å². The quantitative estimate of drug-likeness (QED) is 0.774. The second kappa shape index (κ2) is 6.14. The normalized spacial score (nSPS) is 12.1. The number of hydrogen-bond acceptors (Lipinski definition) is 2. The SMILES string of the molecule is COc1ccc(C(Cl)c2ccc(OC)c(C)c2)c(F)c1. The van der Waals surface area contributed by atoms with Crippen LogP contribution in [-0.4, -0.2) is 14.2 Å². The molecule has 0 aliphatic rings. The van der Waals surface area contributed by atoms with E-state index in [0.29, 0.717) is 11.3 Å². The predicted octanol–water partition coefficient (Wildman–Crippen LogP) is 4.48. The molecule has 0 spiro atoms. The molecule has 0 aliphatic carbocycles. The molecular formula is C16H16ClFO2. The van der Waals surface area contributed by atoms with E-state index in [1.54, 1.807) is 19.2 Å². The molecule has 0 bridgehead atoms. The van der Waals surface area contributed by atoms with Crippen LogP contribution in [0.2, 0.25) is 0 Å². The molecule has 1 unspecified atom stereocenters. The monoisotopic (exact) mass is 294 g/mol.